The number of nitrogens with zero attached hydrogens (tertiary/aromatic N) is 2. The molecule has 394 valence electrons. The van der Waals surface area contributed by atoms with Gasteiger partial charge in [0.25, 0.3) is 0 Å². The van der Waals surface area contributed by atoms with Crippen molar-refractivity contribution in [3.8, 4) is 0 Å². The topological polar surface area (TPSA) is 95.4 Å². The average molecular weight is 1020 g/mol. The summed E-state index contributed by atoms with van der Waals surface area (Å²) in [6.45, 7) is 14.6. The van der Waals surface area contributed by atoms with Crippen LogP contribution in [-0.4, -0.2) is 92.2 Å². The molecule has 7 aromatic rings. The van der Waals surface area contributed by atoms with E-state index in [2.05, 4.69) is 112 Å². The van der Waals surface area contributed by atoms with E-state index in [-0.39, 0.29) is 17.3 Å². The fraction of sp³-hybridized carbons (Fsp3) is 0.319. The summed E-state index contributed by atoms with van der Waals surface area (Å²) in [6.07, 6.45) is 9.82. The molecule has 1 aromatic heterocycles. The number of likely N-dealkylation sites (tertiary alicyclic amines) is 2. The Balaban J connectivity index is 0.000000131. The Morgan fingerprint density at radius 2 is 0.831 bits per heavy atom. The van der Waals surface area contributed by atoms with E-state index in [9.17, 15) is 14.4 Å². The summed E-state index contributed by atoms with van der Waals surface area (Å²) in [5.74, 6) is 2.20. The second kappa shape index (κ2) is 25.4. The van der Waals surface area contributed by atoms with Crippen LogP contribution < -0.4 is 5.32 Å². The fourth-order valence-corrected chi connectivity index (χ4v) is 11.2. The van der Waals surface area contributed by atoms with Crippen molar-refractivity contribution >= 4 is 45.0 Å². The van der Waals surface area contributed by atoms with Gasteiger partial charge in [0.15, 0.2) is 17.3 Å². The molecule has 77 heavy (non-hydrogen) atoms. The molecule has 1 saturated carbocycles. The Bertz CT molecular complexity index is 3050. The van der Waals surface area contributed by atoms with Gasteiger partial charge in [-0.1, -0.05) is 168 Å². The molecule has 8 nitrogen and oxygen atoms in total. The Kier molecular flexibility index (Phi) is 17.6. The summed E-state index contributed by atoms with van der Waals surface area (Å²) in [5.41, 5.74) is 17.6. The van der Waals surface area contributed by atoms with Crippen LogP contribution in [0, 0.1) is 5.92 Å². The first-order valence-corrected chi connectivity index (χ1v) is 28.0. The van der Waals surface area contributed by atoms with E-state index in [1.54, 1.807) is 26.3 Å². The summed E-state index contributed by atoms with van der Waals surface area (Å²) in [5, 5.41) is 4.53. The summed E-state index contributed by atoms with van der Waals surface area (Å²) in [6, 6.07) is 55.7. The van der Waals surface area contributed by atoms with E-state index in [0.717, 1.165) is 123 Å². The monoisotopic (exact) mass is 1020 g/mol. The molecule has 1 aliphatic carbocycles. The molecular formula is C69H73N3O5. The normalized spacial score (nSPS) is 17.6. The minimum atomic E-state index is 0.0892. The van der Waals surface area contributed by atoms with Gasteiger partial charge in [-0.05, 0) is 142 Å². The summed E-state index contributed by atoms with van der Waals surface area (Å²) in [7, 11) is 0. The highest BCUT2D eigenvalue weighted by molar-refractivity contribution is 5.96. The largest absolute Gasteiger partial charge is 0.456 e. The van der Waals surface area contributed by atoms with Crippen LogP contribution in [0.2, 0.25) is 0 Å². The van der Waals surface area contributed by atoms with Crippen LogP contribution >= 0.6 is 0 Å². The van der Waals surface area contributed by atoms with Gasteiger partial charge in [0.1, 0.15) is 11.3 Å². The molecular weight excluding hydrogens is 951 g/mol. The number of ketones is 3. The zero-order chi connectivity index (χ0) is 53.1. The lowest BCUT2D eigenvalue weighted by molar-refractivity contribution is 0.100. The van der Waals surface area contributed by atoms with Crippen LogP contribution in [0.3, 0.4) is 0 Å². The zero-order valence-corrected chi connectivity index (χ0v) is 45.2. The van der Waals surface area contributed by atoms with Crippen molar-refractivity contribution in [2.45, 2.75) is 78.2 Å². The average Bonchev–Trinajstić information content (AvgIpc) is 4.42. The predicted molar refractivity (Wildman–Crippen MR) is 312 cm³/mol. The maximum Gasteiger partial charge on any atom is 0.159 e. The third-order valence-corrected chi connectivity index (χ3v) is 15.8. The number of piperidine rings is 3. The van der Waals surface area contributed by atoms with Gasteiger partial charge in [0.2, 0.25) is 0 Å². The van der Waals surface area contributed by atoms with Crippen molar-refractivity contribution in [3.05, 3.63) is 231 Å². The molecule has 4 aliphatic heterocycles. The molecule has 12 rings (SSSR count). The molecule has 1 unspecified atom stereocenters. The van der Waals surface area contributed by atoms with Gasteiger partial charge >= 0.3 is 0 Å². The van der Waals surface area contributed by atoms with Crippen molar-refractivity contribution in [2.75, 3.05) is 59.0 Å². The van der Waals surface area contributed by atoms with Gasteiger partial charge in [-0.15, -0.1) is 0 Å². The number of hydrogen-bond acceptors (Lipinski definition) is 8. The van der Waals surface area contributed by atoms with E-state index in [4.69, 9.17) is 9.15 Å². The second-order valence-electron chi connectivity index (χ2n) is 21.5. The number of carbonyl (C=O) groups is 3. The number of rotatable bonds is 13. The minimum absolute atomic E-state index is 0.0892. The van der Waals surface area contributed by atoms with Gasteiger partial charge in [0, 0.05) is 66.9 Å². The van der Waals surface area contributed by atoms with Crippen molar-refractivity contribution < 1.29 is 23.5 Å². The Labute approximate surface area is 455 Å². The van der Waals surface area contributed by atoms with Crippen LogP contribution in [0.1, 0.15) is 137 Å². The highest BCUT2D eigenvalue weighted by Crippen LogP contribution is 2.38. The molecule has 6 aromatic carbocycles. The number of nitrogens with one attached hydrogen (secondary N) is 1. The smallest absolute Gasteiger partial charge is 0.159 e. The van der Waals surface area contributed by atoms with Crippen LogP contribution in [-0.2, 0) is 4.74 Å². The molecule has 1 N–H and O–H groups in total. The molecule has 5 fully saturated rings. The van der Waals surface area contributed by atoms with Gasteiger partial charge in [-0.3, -0.25) is 14.4 Å². The van der Waals surface area contributed by atoms with Crippen LogP contribution in [0.5, 0.6) is 0 Å². The summed E-state index contributed by atoms with van der Waals surface area (Å²) >= 11 is 0. The number of para-hydroxylation sites is 1. The van der Waals surface area contributed by atoms with E-state index in [0.29, 0.717) is 6.10 Å². The molecule has 8 heteroatoms. The van der Waals surface area contributed by atoms with Crippen molar-refractivity contribution in [1.29, 1.82) is 0 Å². The van der Waals surface area contributed by atoms with Crippen molar-refractivity contribution in [1.82, 2.24) is 15.1 Å². The maximum absolute atomic E-state index is 11.6. The Morgan fingerprint density at radius 3 is 1.25 bits per heavy atom. The number of carbonyl (C=O) groups excluding carboxylic acids is 3. The molecule has 0 radical (unpaired) electrons. The lowest BCUT2D eigenvalue weighted by atomic mass is 9.88. The van der Waals surface area contributed by atoms with E-state index >= 15 is 0 Å². The van der Waals surface area contributed by atoms with Gasteiger partial charge in [0.05, 0.1) is 12.7 Å². The van der Waals surface area contributed by atoms with Crippen molar-refractivity contribution in [3.63, 3.8) is 0 Å². The summed E-state index contributed by atoms with van der Waals surface area (Å²) < 4.78 is 11.5. The molecule has 4 saturated heterocycles. The van der Waals surface area contributed by atoms with Crippen LogP contribution in [0.25, 0.3) is 27.7 Å². The Morgan fingerprint density at radius 1 is 0.455 bits per heavy atom. The highest BCUT2D eigenvalue weighted by Gasteiger charge is 2.29. The first-order valence-electron chi connectivity index (χ1n) is 28.0. The predicted octanol–water partition coefficient (Wildman–Crippen LogP) is 14.2. The van der Waals surface area contributed by atoms with Gasteiger partial charge in [-0.25, -0.2) is 0 Å². The third kappa shape index (κ3) is 14.1. The standard InChI is InChI=1S/C24H27NO.C23H25NO2.C22H21NO2/c1-18(26)20-9-11-22(12-10-20)24(21-5-3-2-4-6-21)23-13-15-25(16-14-23)17-19-7-8-19;1-17(25)18-7-9-20(10-8-18)23(19-5-3-2-4-6-19)21-11-13-24(14-12-21)15-22-16-26-22;1-15(24)16-6-8-17(9-7-16)22(18-10-12-23-13-11-18)21-14-19-4-2-3-5-20(19)25-21/h2-6,9-12,19H,7-8,13-17H2,1H3;2-10,22H,11-16H2,1H3;2-9,14,23H,10-13H2,1H3. The number of ether oxygens (including phenoxy) is 1. The van der Waals surface area contributed by atoms with E-state index < -0.39 is 0 Å². The maximum atomic E-state index is 11.6. The quantitative estimate of drug-likeness (QED) is 0.0901. The Hall–Kier alpha value is -7.07. The first-order chi connectivity index (χ1) is 37.6. The highest BCUT2D eigenvalue weighted by atomic mass is 16.6. The van der Waals surface area contributed by atoms with E-state index in [1.807, 2.05) is 66.7 Å². The number of benzene rings is 6. The molecule has 5 heterocycles. The number of epoxide rings is 1. The van der Waals surface area contributed by atoms with Crippen LogP contribution in [0.15, 0.2) is 185 Å². The molecule has 0 bridgehead atoms. The van der Waals surface area contributed by atoms with Crippen molar-refractivity contribution in [2.24, 2.45) is 5.92 Å². The first kappa shape index (κ1) is 53.3. The van der Waals surface area contributed by atoms with Gasteiger partial charge < -0.3 is 24.3 Å². The number of furan rings is 1. The molecule has 5 aliphatic rings. The number of hydrogen-bond donors (Lipinski definition) is 1. The van der Waals surface area contributed by atoms with Crippen LogP contribution in [0.4, 0.5) is 0 Å². The minimum Gasteiger partial charge on any atom is -0.456 e. The van der Waals surface area contributed by atoms with Gasteiger partial charge in [-0.2, -0.15) is 0 Å². The number of fused-ring (bicyclic) bond motifs is 1. The fourth-order valence-electron chi connectivity index (χ4n) is 11.2. The zero-order valence-electron chi connectivity index (χ0n) is 45.2. The number of Topliss-reactive ketones (excluding diaryl/α,β-unsaturated/α-hetero) is 3. The SMILES string of the molecule is CC(=O)c1ccc(C(=C2CCN(CC3CC3)CC2)c2ccccc2)cc1.CC(=O)c1ccc(C(=C2CCN(CC3CO3)CC2)c2ccccc2)cc1.CC(=O)c1ccc(C(=C2CCNCC2)c2cc3ccccc3o2)cc1. The summed E-state index contributed by atoms with van der Waals surface area (Å²) in [4.78, 5) is 39.9. The lowest BCUT2D eigenvalue weighted by Crippen LogP contribution is -2.34. The third-order valence-electron chi connectivity index (χ3n) is 15.8. The lowest BCUT2D eigenvalue weighted by Gasteiger charge is -2.30. The molecule has 1 atom stereocenters. The van der Waals surface area contributed by atoms with E-state index in [1.165, 1.54) is 82.6 Å². The molecule has 0 amide bonds. The second-order valence-corrected chi connectivity index (χ2v) is 21.5. The molecule has 0 spiro atoms.